The van der Waals surface area contributed by atoms with Crippen molar-refractivity contribution in [2.45, 2.75) is 157 Å². The van der Waals surface area contributed by atoms with Gasteiger partial charge in [-0.2, -0.15) is 0 Å². The third kappa shape index (κ3) is 10.4. The molecule has 4 aliphatic carbocycles. The average Bonchev–Trinajstić information content (AvgIpc) is 3.97. The van der Waals surface area contributed by atoms with Gasteiger partial charge in [0.05, 0.1) is 0 Å². The van der Waals surface area contributed by atoms with E-state index in [-0.39, 0.29) is 57.5 Å². The molecule has 0 fully saturated rings. The Morgan fingerprint density at radius 3 is 1.05 bits per heavy atom. The molecule has 0 heterocycles. The topological polar surface area (TPSA) is 0 Å². The van der Waals surface area contributed by atoms with Gasteiger partial charge in [-0.15, -0.1) is 24.8 Å². The van der Waals surface area contributed by atoms with Crippen LogP contribution in [0.4, 0.5) is 0 Å². The molecule has 0 unspecified atom stereocenters. The van der Waals surface area contributed by atoms with Crippen molar-refractivity contribution in [3.05, 3.63) is 148 Å². The van der Waals surface area contributed by atoms with Gasteiger partial charge >= 0.3 is 385 Å². The normalized spacial score (nSPS) is 14.6. The Morgan fingerprint density at radius 2 is 0.774 bits per heavy atom. The molecule has 0 bridgehead atoms. The fourth-order valence-corrected chi connectivity index (χ4v) is 60.2. The van der Waals surface area contributed by atoms with E-state index in [4.69, 9.17) is 0 Å². The zero-order chi connectivity index (χ0) is 43.7. The Kier molecular flexibility index (Phi) is 16.2. The van der Waals surface area contributed by atoms with Gasteiger partial charge in [0.2, 0.25) is 0 Å². The van der Waals surface area contributed by atoms with E-state index in [1.807, 2.05) is 13.3 Å². The molecule has 6 heteroatoms. The van der Waals surface area contributed by atoms with E-state index in [1.165, 1.54) is 46.2 Å². The third-order valence-corrected chi connectivity index (χ3v) is 61.1. The first-order chi connectivity index (χ1) is 28.0. The van der Waals surface area contributed by atoms with Crippen molar-refractivity contribution in [1.82, 2.24) is 0 Å². The fourth-order valence-electron chi connectivity index (χ4n) is 10.0. The molecule has 0 aromatic heterocycles. The predicted octanol–water partition coefficient (Wildman–Crippen LogP) is 15.2. The summed E-state index contributed by atoms with van der Waals surface area (Å²) in [6, 6.07) is 24.4. The Balaban J connectivity index is 0.000000227. The maximum Gasteiger partial charge on any atom is -0.147 e. The van der Waals surface area contributed by atoms with Gasteiger partial charge in [0.15, 0.2) is 0 Å². The molecular formula is C56H74Cl2Hf2Si2. The average molecular weight is 1230 g/mol. The molecule has 4 aliphatic rings. The Bertz CT molecular complexity index is 2410. The monoisotopic (exact) mass is 1230 g/mol. The van der Waals surface area contributed by atoms with E-state index < -0.39 is 40.1 Å². The molecule has 4 aromatic carbocycles. The number of halogens is 2. The largest absolute Gasteiger partial charge is 0.147 e. The molecule has 0 saturated heterocycles. The second-order valence-corrected chi connectivity index (χ2v) is 69.9. The smallest absolute Gasteiger partial charge is 0.147 e. The molecule has 328 valence electrons. The van der Waals surface area contributed by atoms with Crippen LogP contribution in [0.15, 0.2) is 104 Å². The van der Waals surface area contributed by atoms with Crippen LogP contribution >= 0.6 is 24.8 Å². The minimum Gasteiger partial charge on any atom is -0.147 e. The third-order valence-electron chi connectivity index (χ3n) is 13.2. The Hall–Kier alpha value is -1.41. The molecule has 0 atom stereocenters. The molecule has 62 heavy (non-hydrogen) atoms. The Morgan fingerprint density at radius 1 is 0.435 bits per heavy atom. The number of hydrogen-bond donors (Lipinski definition) is 0. The van der Waals surface area contributed by atoms with Crippen molar-refractivity contribution < 1.29 is 40.1 Å². The van der Waals surface area contributed by atoms with Crippen molar-refractivity contribution in [1.29, 1.82) is 0 Å². The molecular weight excluding hydrogens is 1160 g/mol. The van der Waals surface area contributed by atoms with E-state index in [0.29, 0.717) is 0 Å². The first kappa shape index (κ1) is 51.6. The van der Waals surface area contributed by atoms with Crippen LogP contribution in [0.1, 0.15) is 140 Å². The van der Waals surface area contributed by atoms with E-state index in [0.717, 1.165) is 12.8 Å². The van der Waals surface area contributed by atoms with E-state index in [9.17, 15) is 0 Å². The summed E-state index contributed by atoms with van der Waals surface area (Å²) in [7, 11) is 0. The van der Waals surface area contributed by atoms with Gasteiger partial charge in [-0.3, -0.25) is 0 Å². The minimum absolute atomic E-state index is 0. The molecule has 0 amide bonds. The van der Waals surface area contributed by atoms with Crippen molar-refractivity contribution in [3.63, 3.8) is 0 Å². The van der Waals surface area contributed by atoms with E-state index in [1.54, 1.807) is 33.4 Å². The first-order valence-electron chi connectivity index (χ1n) is 22.6. The summed E-state index contributed by atoms with van der Waals surface area (Å²) >= 11 is -4.24. The molecule has 0 saturated carbocycles. The summed E-state index contributed by atoms with van der Waals surface area (Å²) in [6.45, 7) is 38.9. The Labute approximate surface area is 405 Å². The van der Waals surface area contributed by atoms with Gasteiger partial charge in [0, 0.05) is 0 Å². The van der Waals surface area contributed by atoms with Crippen molar-refractivity contribution in [2.24, 2.45) is 0 Å². The van der Waals surface area contributed by atoms with E-state index in [2.05, 4.69) is 206 Å². The van der Waals surface area contributed by atoms with Crippen LogP contribution in [0, 0.1) is 0 Å². The number of benzene rings is 4. The summed E-state index contributed by atoms with van der Waals surface area (Å²) in [5.74, 6) is 0. The molecule has 0 aliphatic heterocycles. The summed E-state index contributed by atoms with van der Waals surface area (Å²) in [4.78, 5) is 0. The quantitative estimate of drug-likeness (QED) is 0.154. The molecule has 0 spiro atoms. The van der Waals surface area contributed by atoms with Crippen LogP contribution in [0.3, 0.4) is 0 Å². The number of allylic oxidation sites excluding steroid dienone is 8. The minimum atomic E-state index is -2.12. The number of fused-ring (bicyclic) bond motifs is 6. The van der Waals surface area contributed by atoms with Crippen LogP contribution in [-0.4, -0.2) is 11.0 Å². The zero-order valence-electron chi connectivity index (χ0n) is 40.9. The van der Waals surface area contributed by atoms with Crippen molar-refractivity contribution in [2.75, 3.05) is 0 Å². The second-order valence-electron chi connectivity index (χ2n) is 22.5. The summed E-state index contributed by atoms with van der Waals surface area (Å²) in [6.07, 6.45) is 19.1. The van der Waals surface area contributed by atoms with Gasteiger partial charge in [-0.25, -0.2) is 0 Å². The van der Waals surface area contributed by atoms with Crippen LogP contribution in [0.5, 0.6) is 0 Å². The van der Waals surface area contributed by atoms with Gasteiger partial charge in [-0.1, -0.05) is 0 Å². The fraction of sp³-hybridized carbons (Fsp3) is 0.429. The van der Waals surface area contributed by atoms with Crippen LogP contribution in [-0.2, 0) is 74.6 Å². The predicted molar refractivity (Wildman–Crippen MR) is 277 cm³/mol. The molecule has 0 nitrogen and oxygen atoms in total. The molecule has 0 N–H and O–H groups in total. The van der Waals surface area contributed by atoms with Crippen LogP contribution in [0.2, 0.25) is 26.2 Å². The van der Waals surface area contributed by atoms with Gasteiger partial charge in [0.25, 0.3) is 0 Å². The maximum atomic E-state index is 2.59. The zero-order valence-corrected chi connectivity index (χ0v) is 51.7. The maximum absolute atomic E-state index is 2.59. The van der Waals surface area contributed by atoms with Gasteiger partial charge < -0.3 is 0 Å². The van der Waals surface area contributed by atoms with Crippen LogP contribution in [0.25, 0.3) is 22.3 Å². The number of rotatable bonds is 4. The number of hydrogen-bond acceptors (Lipinski definition) is 0. The first-order valence-corrected chi connectivity index (χ1v) is 45.6. The molecule has 0 radical (unpaired) electrons. The molecule has 8 rings (SSSR count). The van der Waals surface area contributed by atoms with Crippen LogP contribution < -0.4 is 6.64 Å². The van der Waals surface area contributed by atoms with E-state index >= 15 is 0 Å². The molecule has 4 aromatic rings. The summed E-state index contributed by atoms with van der Waals surface area (Å²) in [5, 5.41) is 0. The standard InChI is InChI=1S/2C21H25.2C5H5.2C2H6Si.2ClH.2Hf/c2*1-20(2,3)16-7-9-18-14(12-16)11-15-13-17(21(4,5)6)8-10-19(15)18;2*1-2-4-5-3-1;2*1-3-2;;;;/h2*7-10,12H,11H2,1-6H3;2*1-3H,4H2;2*1-2H3;2*1H;;. The second kappa shape index (κ2) is 19.4. The summed E-state index contributed by atoms with van der Waals surface area (Å²) < 4.78 is 7.41. The van der Waals surface area contributed by atoms with Gasteiger partial charge in [-0.05, 0) is 0 Å². The SMILES string of the molecule is C[Si](C)=[Hf]([C]1=CC=CC1)[c]1c(C(C)(C)C)ccc2c1Cc1cc(C(C)(C)C)ccc1-2.C[Si](C)=[Hf]([C]1=CC=CC1)[c]1c(C(C)(C)C)ccc2c1Cc1cc(C(C)(C)C)ccc1-2.Cl.Cl. The van der Waals surface area contributed by atoms with Gasteiger partial charge in [0.1, 0.15) is 0 Å². The van der Waals surface area contributed by atoms with Crippen molar-refractivity contribution in [3.8, 4) is 22.3 Å². The summed E-state index contributed by atoms with van der Waals surface area (Å²) in [5.41, 5.74) is 18.9. The van der Waals surface area contributed by atoms with Crippen molar-refractivity contribution >= 4 is 42.4 Å².